The monoisotopic (exact) mass is 377 g/mol. The molecule has 1 heterocycles. The summed E-state index contributed by atoms with van der Waals surface area (Å²) < 4.78 is 28.1. The number of nitrogens with one attached hydrogen (secondary N) is 1. The van der Waals surface area contributed by atoms with Crippen molar-refractivity contribution in [3.05, 3.63) is 53.1 Å². The van der Waals surface area contributed by atoms with Crippen molar-refractivity contribution in [1.82, 2.24) is 0 Å². The van der Waals surface area contributed by atoms with Crippen LogP contribution >= 0.6 is 11.6 Å². The van der Waals surface area contributed by atoms with Crippen LogP contribution in [0.1, 0.15) is 23.7 Å². The van der Waals surface area contributed by atoms with E-state index in [2.05, 4.69) is 9.71 Å². The molecule has 130 valence electrons. The number of sulfonamides is 1. The molecule has 2 aromatic rings. The molecule has 0 unspecified atom stereocenters. The second-order valence-corrected chi connectivity index (χ2v) is 7.57. The van der Waals surface area contributed by atoms with Gasteiger partial charge in [0.2, 0.25) is 0 Å². The summed E-state index contributed by atoms with van der Waals surface area (Å²) >= 11 is 5.82. The number of carbonyl (C=O) groups is 1. The summed E-state index contributed by atoms with van der Waals surface area (Å²) in [4.78, 5) is 14.2. The Balaban J connectivity index is 1.92. The molecule has 0 saturated heterocycles. The second kappa shape index (κ2) is 6.85. The molecule has 0 radical (unpaired) electrons. The van der Waals surface area contributed by atoms with E-state index in [1.165, 1.54) is 12.4 Å². The Kier molecular flexibility index (Phi) is 4.78. The first kappa shape index (κ1) is 17.4. The van der Waals surface area contributed by atoms with Crippen molar-refractivity contribution in [2.75, 3.05) is 16.8 Å². The van der Waals surface area contributed by atoms with E-state index >= 15 is 0 Å². The Morgan fingerprint density at radius 3 is 2.60 bits per heavy atom. The predicted molar refractivity (Wildman–Crippen MR) is 99.2 cm³/mol. The van der Waals surface area contributed by atoms with Crippen molar-refractivity contribution >= 4 is 45.2 Å². The van der Waals surface area contributed by atoms with E-state index in [1.807, 2.05) is 6.92 Å². The Morgan fingerprint density at radius 2 is 1.92 bits per heavy atom. The van der Waals surface area contributed by atoms with E-state index in [4.69, 9.17) is 11.6 Å². The van der Waals surface area contributed by atoms with Gasteiger partial charge in [-0.2, -0.15) is 8.42 Å². The van der Waals surface area contributed by atoms with E-state index in [0.29, 0.717) is 22.9 Å². The molecule has 0 aliphatic carbocycles. The molecule has 1 N–H and O–H groups in total. The van der Waals surface area contributed by atoms with Crippen molar-refractivity contribution in [3.8, 4) is 0 Å². The minimum Gasteiger partial charge on any atom is -0.331 e. The third-order valence-corrected chi connectivity index (χ3v) is 5.21. The van der Waals surface area contributed by atoms with Crippen LogP contribution in [-0.2, 0) is 10.0 Å². The highest BCUT2D eigenvalue weighted by molar-refractivity contribution is 7.90. The molecule has 8 heteroatoms. The van der Waals surface area contributed by atoms with Crippen molar-refractivity contribution < 1.29 is 13.2 Å². The van der Waals surface area contributed by atoms with Crippen LogP contribution in [0.2, 0.25) is 5.02 Å². The lowest BCUT2D eigenvalue weighted by Gasteiger charge is -2.25. The number of halogens is 1. The highest BCUT2D eigenvalue weighted by Gasteiger charge is 2.26. The van der Waals surface area contributed by atoms with Crippen LogP contribution in [-0.4, -0.2) is 27.2 Å². The maximum absolute atomic E-state index is 12.4. The fourth-order valence-electron chi connectivity index (χ4n) is 2.49. The Labute approximate surface area is 151 Å². The highest BCUT2D eigenvalue weighted by atomic mass is 35.5. The number of anilines is 2. The van der Waals surface area contributed by atoms with Crippen LogP contribution in [0.3, 0.4) is 0 Å². The first-order valence-corrected chi connectivity index (χ1v) is 9.50. The van der Waals surface area contributed by atoms with Gasteiger partial charge in [0.05, 0.1) is 5.69 Å². The summed E-state index contributed by atoms with van der Waals surface area (Å²) in [6, 6.07) is 11.2. The lowest BCUT2D eigenvalue weighted by Crippen LogP contribution is -2.28. The molecule has 0 atom stereocenters. The molecule has 0 aromatic heterocycles. The summed E-state index contributed by atoms with van der Waals surface area (Å²) in [5.41, 5.74) is 1.34. The van der Waals surface area contributed by atoms with Gasteiger partial charge < -0.3 is 10.2 Å². The Bertz CT molecular complexity index is 940. The highest BCUT2D eigenvalue weighted by Crippen LogP contribution is 2.31. The topological polar surface area (TPSA) is 78.8 Å². The molecule has 0 bridgehead atoms. The molecule has 3 rings (SSSR count). The summed E-state index contributed by atoms with van der Waals surface area (Å²) in [5, 5.41) is 3.27. The first-order chi connectivity index (χ1) is 11.9. The second-order valence-electron chi connectivity index (χ2n) is 5.53. The summed E-state index contributed by atoms with van der Waals surface area (Å²) in [6.07, 6.45) is 2.15. The van der Waals surface area contributed by atoms with Crippen LogP contribution in [0.25, 0.3) is 0 Å². The third kappa shape index (κ3) is 3.67. The van der Waals surface area contributed by atoms with Crippen LogP contribution in [0, 0.1) is 0 Å². The number of hydrogen-bond donors (Lipinski definition) is 1. The lowest BCUT2D eigenvalue weighted by molar-refractivity contribution is 0.102. The minimum atomic E-state index is -3.80. The van der Waals surface area contributed by atoms with Crippen LogP contribution < -0.4 is 10.2 Å². The smallest absolute Gasteiger partial charge is 0.285 e. The van der Waals surface area contributed by atoms with Gasteiger partial charge >= 0.3 is 0 Å². The van der Waals surface area contributed by atoms with Gasteiger partial charge in [0.25, 0.3) is 15.9 Å². The van der Waals surface area contributed by atoms with Crippen molar-refractivity contribution in [1.29, 1.82) is 0 Å². The molecule has 0 fully saturated rings. The Hall–Kier alpha value is -2.38. The maximum atomic E-state index is 12.4. The lowest BCUT2D eigenvalue weighted by atomic mass is 10.1. The number of benzene rings is 2. The molecular weight excluding hydrogens is 362 g/mol. The average Bonchev–Trinajstić information content (AvgIpc) is 2.59. The maximum Gasteiger partial charge on any atom is 0.285 e. The molecule has 1 amide bonds. The molecule has 1 aliphatic rings. The zero-order valence-corrected chi connectivity index (χ0v) is 15.0. The van der Waals surface area contributed by atoms with E-state index in [1.54, 1.807) is 41.3 Å². The SMILES string of the molecule is CCCN1C=NS(=O)(=O)c2cc(C(=O)Nc3ccc(Cl)cc3)ccc21. The molecule has 0 saturated carbocycles. The van der Waals surface area contributed by atoms with Gasteiger partial charge in [0.15, 0.2) is 0 Å². The number of hydrogen-bond acceptors (Lipinski definition) is 4. The Morgan fingerprint density at radius 1 is 1.20 bits per heavy atom. The third-order valence-electron chi connectivity index (χ3n) is 3.70. The number of amides is 1. The first-order valence-electron chi connectivity index (χ1n) is 7.69. The van der Waals surface area contributed by atoms with E-state index in [9.17, 15) is 13.2 Å². The van der Waals surface area contributed by atoms with Crippen LogP contribution in [0.4, 0.5) is 11.4 Å². The van der Waals surface area contributed by atoms with E-state index in [-0.39, 0.29) is 10.5 Å². The standard InChI is InChI=1S/C17H16ClN3O3S/c1-2-9-21-11-19-25(23,24)16-10-12(3-8-15(16)21)17(22)20-14-6-4-13(18)5-7-14/h3-8,10-11H,2,9H2,1H3,(H,20,22). The number of fused-ring (bicyclic) bond motifs is 1. The fourth-order valence-corrected chi connectivity index (χ4v) is 3.70. The minimum absolute atomic E-state index is 0.0345. The summed E-state index contributed by atoms with van der Waals surface area (Å²) in [5.74, 6) is -0.406. The van der Waals surface area contributed by atoms with Crippen LogP contribution in [0.5, 0.6) is 0 Å². The molecule has 2 aromatic carbocycles. The van der Waals surface area contributed by atoms with Gasteiger partial charge in [0, 0.05) is 22.8 Å². The molecular formula is C17H16ClN3O3S. The van der Waals surface area contributed by atoms with Gasteiger partial charge in [-0.05, 0) is 48.9 Å². The molecule has 25 heavy (non-hydrogen) atoms. The van der Waals surface area contributed by atoms with Gasteiger partial charge in [-0.15, -0.1) is 4.40 Å². The van der Waals surface area contributed by atoms with Gasteiger partial charge in [0.1, 0.15) is 11.2 Å². The zero-order chi connectivity index (χ0) is 18.0. The van der Waals surface area contributed by atoms with Crippen molar-refractivity contribution in [2.45, 2.75) is 18.2 Å². The fraction of sp³-hybridized carbons (Fsp3) is 0.176. The largest absolute Gasteiger partial charge is 0.331 e. The van der Waals surface area contributed by atoms with Gasteiger partial charge in [-0.3, -0.25) is 4.79 Å². The van der Waals surface area contributed by atoms with E-state index < -0.39 is 15.9 Å². The van der Waals surface area contributed by atoms with Gasteiger partial charge in [-0.1, -0.05) is 18.5 Å². The summed E-state index contributed by atoms with van der Waals surface area (Å²) in [7, 11) is -3.80. The molecule has 0 spiro atoms. The quantitative estimate of drug-likeness (QED) is 0.883. The number of carbonyl (C=O) groups excluding carboxylic acids is 1. The average molecular weight is 378 g/mol. The van der Waals surface area contributed by atoms with E-state index in [0.717, 1.165) is 6.42 Å². The number of nitrogens with zero attached hydrogens (tertiary/aromatic N) is 2. The summed E-state index contributed by atoms with van der Waals surface area (Å²) in [6.45, 7) is 2.63. The molecule has 6 nitrogen and oxygen atoms in total. The zero-order valence-electron chi connectivity index (χ0n) is 13.4. The number of rotatable bonds is 4. The van der Waals surface area contributed by atoms with Crippen molar-refractivity contribution in [3.63, 3.8) is 0 Å². The normalized spacial score (nSPS) is 14.9. The predicted octanol–water partition coefficient (Wildman–Crippen LogP) is 3.54. The van der Waals surface area contributed by atoms with Crippen molar-refractivity contribution in [2.24, 2.45) is 4.40 Å². The van der Waals surface area contributed by atoms with Crippen LogP contribution in [0.15, 0.2) is 51.8 Å². The van der Waals surface area contributed by atoms with Gasteiger partial charge in [-0.25, -0.2) is 0 Å². The molecule has 1 aliphatic heterocycles.